The Labute approximate surface area is 336 Å². The van der Waals surface area contributed by atoms with Crippen molar-refractivity contribution in [2.45, 2.75) is 86.6 Å². The number of hydrogen-bond donors (Lipinski definition) is 4. The molecule has 0 spiro atoms. The lowest BCUT2D eigenvalue weighted by Crippen LogP contribution is -2.71. The number of ether oxygens (including phenoxy) is 10. The number of phenolic OH excluding ortho intramolecular Hbond substituents is 2. The van der Waals surface area contributed by atoms with E-state index in [2.05, 4.69) is 13.2 Å². The summed E-state index contributed by atoms with van der Waals surface area (Å²) < 4.78 is 65.0. The third-order valence-electron chi connectivity index (χ3n) is 7.40. The maximum atomic E-state index is 11.8. The van der Waals surface area contributed by atoms with Gasteiger partial charge < -0.3 is 67.8 Å². The number of phenols is 2. The zero-order valence-electron chi connectivity index (χ0n) is 35.1. The lowest BCUT2D eigenvalue weighted by Gasteiger charge is -2.56. The van der Waals surface area contributed by atoms with Crippen molar-refractivity contribution in [1.82, 2.24) is 0 Å². The summed E-state index contributed by atoms with van der Waals surface area (Å²) in [6.07, 6.45) is 1.67. The third kappa shape index (κ3) is 12.7. The zero-order valence-corrected chi connectivity index (χ0v) is 35.1. The Kier molecular flexibility index (Phi) is 24.9. The van der Waals surface area contributed by atoms with Gasteiger partial charge in [-0.3, -0.25) is 0 Å². The summed E-state index contributed by atoms with van der Waals surface area (Å²) in [5.41, 5.74) is -1.42. The number of benzene rings is 2. The molecule has 57 heavy (non-hydrogen) atoms. The van der Waals surface area contributed by atoms with Gasteiger partial charge in [0.15, 0.2) is 16.9 Å². The first-order chi connectivity index (χ1) is 27.2. The van der Waals surface area contributed by atoms with Crippen LogP contribution in [0.5, 0.6) is 34.5 Å². The monoisotopic (exact) mass is 812 g/mol. The van der Waals surface area contributed by atoms with Gasteiger partial charge in [-0.2, -0.15) is 0 Å². The molecule has 16 nitrogen and oxygen atoms in total. The van der Waals surface area contributed by atoms with Crippen LogP contribution in [0.25, 0.3) is 0 Å². The van der Waals surface area contributed by atoms with Gasteiger partial charge in [0, 0.05) is 51.8 Å². The summed E-state index contributed by atoms with van der Waals surface area (Å²) in [7, 11) is 0. The fourth-order valence-corrected chi connectivity index (χ4v) is 5.85. The topological polar surface area (TPSA) is 207 Å². The Bertz CT molecular complexity index is 1380. The zero-order chi connectivity index (χ0) is 43.7. The van der Waals surface area contributed by atoms with E-state index in [-0.39, 0.29) is 106 Å². The highest BCUT2D eigenvalue weighted by Gasteiger charge is 2.74. The minimum atomic E-state index is -2.11. The van der Waals surface area contributed by atoms with Crippen LogP contribution in [0.1, 0.15) is 80.4 Å². The summed E-state index contributed by atoms with van der Waals surface area (Å²) >= 11 is 0. The van der Waals surface area contributed by atoms with Crippen molar-refractivity contribution in [3.8, 4) is 34.5 Å². The second-order valence-corrected chi connectivity index (χ2v) is 10.9. The number of carboxylic acid groups (broad SMARTS) is 2. The van der Waals surface area contributed by atoms with Crippen LogP contribution in [0.3, 0.4) is 0 Å². The van der Waals surface area contributed by atoms with Gasteiger partial charge in [0.05, 0.1) is 32.0 Å². The molecule has 0 aliphatic heterocycles. The minimum absolute atomic E-state index is 0.00177. The van der Waals surface area contributed by atoms with Gasteiger partial charge in [0.2, 0.25) is 17.2 Å². The summed E-state index contributed by atoms with van der Waals surface area (Å²) in [4.78, 5) is 18.5. The van der Waals surface area contributed by atoms with Crippen LogP contribution in [-0.4, -0.2) is 110 Å². The van der Waals surface area contributed by atoms with Crippen LogP contribution in [0.2, 0.25) is 0 Å². The second-order valence-electron chi connectivity index (χ2n) is 10.9. The first kappa shape index (κ1) is 52.4. The van der Waals surface area contributed by atoms with Crippen molar-refractivity contribution < 1.29 is 77.4 Å². The number of aromatic hydroxyl groups is 2. The van der Waals surface area contributed by atoms with E-state index in [0.29, 0.717) is 5.56 Å². The van der Waals surface area contributed by atoms with E-state index in [1.807, 2.05) is 0 Å². The van der Waals surface area contributed by atoms with E-state index < -0.39 is 29.3 Å². The van der Waals surface area contributed by atoms with Crippen LogP contribution in [0.15, 0.2) is 49.6 Å². The molecule has 0 aliphatic rings. The average molecular weight is 813 g/mol. The van der Waals surface area contributed by atoms with Crippen molar-refractivity contribution in [3.05, 3.63) is 60.7 Å². The van der Waals surface area contributed by atoms with E-state index in [1.165, 1.54) is 12.1 Å². The molecule has 16 heteroatoms. The summed E-state index contributed by atoms with van der Waals surface area (Å²) in [6, 6.07) is 6.38. The molecule has 324 valence electrons. The number of carboxylic acids is 2. The molecular formula is C41H64O16. The molecule has 0 atom stereocenters. The van der Waals surface area contributed by atoms with Crippen LogP contribution in [0.4, 0.5) is 0 Å². The molecule has 0 aromatic heterocycles. The molecule has 2 aromatic rings. The molecule has 0 saturated carbocycles. The normalized spacial score (nSPS) is 11.3. The van der Waals surface area contributed by atoms with Gasteiger partial charge in [0.25, 0.3) is 0 Å². The van der Waals surface area contributed by atoms with E-state index in [4.69, 9.17) is 57.6 Å². The van der Waals surface area contributed by atoms with Gasteiger partial charge in [-0.1, -0.05) is 25.3 Å². The Morgan fingerprint density at radius 3 is 1.00 bits per heavy atom. The van der Waals surface area contributed by atoms with Crippen molar-refractivity contribution in [3.63, 3.8) is 0 Å². The molecule has 0 aliphatic carbocycles. The van der Waals surface area contributed by atoms with Crippen LogP contribution >= 0.6 is 0 Å². The van der Waals surface area contributed by atoms with E-state index in [1.54, 1.807) is 81.4 Å². The summed E-state index contributed by atoms with van der Waals surface area (Å²) in [5, 5.41) is 37.5. The van der Waals surface area contributed by atoms with E-state index >= 15 is 0 Å². The van der Waals surface area contributed by atoms with Crippen molar-refractivity contribution >= 4 is 11.9 Å². The Morgan fingerprint density at radius 2 is 0.772 bits per heavy atom. The van der Waals surface area contributed by atoms with Gasteiger partial charge in [-0.05, 0) is 86.9 Å². The standard InChI is InChI=1S/C35H56O12.2C3H4O2/c1-11-38-29-27(30(39-12-2)32(41-14-4)28(37)31(29)40-13-3)33(25-21-23-26(36)24-22-25,34(42-15-5,43-16-6)44-17-7)35(45-18-8,46-19-9)47-20-10;2*1-2-3(4)5/h21-24,36-37H,11-20H2,1-10H3;2*2H,1H2,(H,4,5). The predicted molar refractivity (Wildman–Crippen MR) is 213 cm³/mol. The Balaban J connectivity index is 0.00000277. The highest BCUT2D eigenvalue weighted by Crippen LogP contribution is 2.65. The quantitative estimate of drug-likeness (QED) is 0.0556. The second kappa shape index (κ2) is 27.1. The maximum Gasteiger partial charge on any atom is 0.327 e. The number of hydrogen-bond acceptors (Lipinski definition) is 14. The van der Waals surface area contributed by atoms with Gasteiger partial charge in [-0.15, -0.1) is 0 Å². The molecule has 0 fully saturated rings. The molecular weight excluding hydrogens is 748 g/mol. The Morgan fingerprint density at radius 1 is 0.509 bits per heavy atom. The fraction of sp³-hybridized carbons (Fsp3) is 0.561. The molecule has 0 heterocycles. The molecule has 4 N–H and O–H groups in total. The van der Waals surface area contributed by atoms with E-state index in [0.717, 1.165) is 12.2 Å². The van der Waals surface area contributed by atoms with Crippen LogP contribution in [0, 0.1) is 0 Å². The molecule has 0 bridgehead atoms. The fourth-order valence-electron chi connectivity index (χ4n) is 5.85. The molecule has 0 saturated heterocycles. The maximum absolute atomic E-state index is 11.8. The SMILES string of the molecule is C=CC(=O)O.C=CC(=O)O.CCOc1c(O)c(OCC)c(OCC)c(C(c2ccc(O)cc2)(C(OCC)(OCC)OCC)C(OCC)(OCC)OCC)c1OCC. The molecule has 0 radical (unpaired) electrons. The molecule has 0 unspecified atom stereocenters. The molecule has 0 amide bonds. The third-order valence-corrected chi connectivity index (χ3v) is 7.40. The Hall–Kier alpha value is -4.58. The predicted octanol–water partition coefficient (Wildman–Crippen LogP) is 7.02. The molecule has 2 aromatic carbocycles. The first-order valence-electron chi connectivity index (χ1n) is 19.0. The summed E-state index contributed by atoms with van der Waals surface area (Å²) in [5.74, 6) is -6.40. The first-order valence-corrected chi connectivity index (χ1v) is 19.0. The van der Waals surface area contributed by atoms with Crippen molar-refractivity contribution in [1.29, 1.82) is 0 Å². The number of carbonyl (C=O) groups is 2. The largest absolute Gasteiger partial charge is 0.508 e. The lowest BCUT2D eigenvalue weighted by molar-refractivity contribution is -0.491. The minimum Gasteiger partial charge on any atom is -0.508 e. The van der Waals surface area contributed by atoms with Gasteiger partial charge in [-0.25, -0.2) is 9.59 Å². The van der Waals surface area contributed by atoms with Gasteiger partial charge in [0.1, 0.15) is 5.75 Å². The molecule has 2 rings (SSSR count). The van der Waals surface area contributed by atoms with Crippen molar-refractivity contribution in [2.75, 3.05) is 66.1 Å². The van der Waals surface area contributed by atoms with Crippen molar-refractivity contribution in [2.24, 2.45) is 0 Å². The van der Waals surface area contributed by atoms with Crippen LogP contribution < -0.4 is 18.9 Å². The number of aliphatic carboxylic acids is 2. The number of rotatable bonds is 26. The highest BCUT2D eigenvalue weighted by molar-refractivity contribution is 5.79. The summed E-state index contributed by atoms with van der Waals surface area (Å²) in [6.45, 7) is 25.2. The van der Waals surface area contributed by atoms with Crippen LogP contribution in [-0.2, 0) is 43.4 Å². The smallest absolute Gasteiger partial charge is 0.327 e. The average Bonchev–Trinajstić information content (AvgIpc) is 3.17. The van der Waals surface area contributed by atoms with Gasteiger partial charge >= 0.3 is 23.9 Å². The van der Waals surface area contributed by atoms with E-state index in [9.17, 15) is 19.8 Å². The highest BCUT2D eigenvalue weighted by atomic mass is 16.9. The lowest BCUT2D eigenvalue weighted by atomic mass is 9.67.